The van der Waals surface area contributed by atoms with Gasteiger partial charge in [-0.1, -0.05) is 19.3 Å². The summed E-state index contributed by atoms with van der Waals surface area (Å²) in [5, 5.41) is 0. The predicted octanol–water partition coefficient (Wildman–Crippen LogP) is 2.82. The molecule has 2 rings (SSSR count). The SMILES string of the molecule is CCS(=O)(=O)Nc1ccc(C(=O)CC2CCC2)cc1. The predicted molar refractivity (Wildman–Crippen MR) is 75.8 cm³/mol. The highest BCUT2D eigenvalue weighted by Gasteiger charge is 2.21. The molecule has 1 aliphatic rings. The zero-order valence-electron chi connectivity index (χ0n) is 11.1. The minimum atomic E-state index is -3.25. The van der Waals surface area contributed by atoms with Gasteiger partial charge < -0.3 is 0 Å². The Bertz CT molecular complexity index is 545. The summed E-state index contributed by atoms with van der Waals surface area (Å²) in [5.41, 5.74) is 1.16. The van der Waals surface area contributed by atoms with Crippen molar-refractivity contribution in [3.05, 3.63) is 29.8 Å². The van der Waals surface area contributed by atoms with Crippen LogP contribution in [0.15, 0.2) is 24.3 Å². The van der Waals surface area contributed by atoms with Crippen LogP contribution >= 0.6 is 0 Å². The number of carbonyl (C=O) groups excluding carboxylic acids is 1. The van der Waals surface area contributed by atoms with Crippen LogP contribution in [0.25, 0.3) is 0 Å². The molecule has 0 aromatic heterocycles. The summed E-state index contributed by atoms with van der Waals surface area (Å²) >= 11 is 0. The summed E-state index contributed by atoms with van der Waals surface area (Å²) in [6, 6.07) is 6.66. The molecule has 0 aliphatic heterocycles. The number of ketones is 1. The minimum Gasteiger partial charge on any atom is -0.294 e. The van der Waals surface area contributed by atoms with Crippen LogP contribution in [-0.4, -0.2) is 20.0 Å². The first-order valence-electron chi connectivity index (χ1n) is 6.64. The zero-order chi connectivity index (χ0) is 13.9. The van der Waals surface area contributed by atoms with E-state index in [1.165, 1.54) is 6.42 Å². The Morgan fingerprint density at radius 2 is 1.89 bits per heavy atom. The maximum Gasteiger partial charge on any atom is 0.232 e. The van der Waals surface area contributed by atoms with Crippen LogP contribution in [0.2, 0.25) is 0 Å². The molecule has 1 saturated carbocycles. The normalized spacial score (nSPS) is 15.8. The topological polar surface area (TPSA) is 63.2 Å². The van der Waals surface area contributed by atoms with Gasteiger partial charge in [0.05, 0.1) is 5.75 Å². The lowest BCUT2D eigenvalue weighted by atomic mass is 9.81. The van der Waals surface area contributed by atoms with Crippen LogP contribution in [0.3, 0.4) is 0 Å². The van der Waals surface area contributed by atoms with Gasteiger partial charge in [0.25, 0.3) is 0 Å². The number of carbonyl (C=O) groups is 1. The number of Topliss-reactive ketones (excluding diaryl/α,β-unsaturated/α-hetero) is 1. The van der Waals surface area contributed by atoms with Crippen molar-refractivity contribution in [1.29, 1.82) is 0 Å². The molecule has 1 fully saturated rings. The third-order valence-corrected chi connectivity index (χ3v) is 4.87. The van der Waals surface area contributed by atoms with E-state index in [2.05, 4.69) is 4.72 Å². The molecule has 1 N–H and O–H groups in total. The van der Waals surface area contributed by atoms with E-state index in [9.17, 15) is 13.2 Å². The molecular formula is C14H19NO3S. The van der Waals surface area contributed by atoms with Gasteiger partial charge in [-0.05, 0) is 37.1 Å². The van der Waals surface area contributed by atoms with E-state index in [0.717, 1.165) is 12.8 Å². The van der Waals surface area contributed by atoms with Crippen molar-refractivity contribution < 1.29 is 13.2 Å². The Labute approximate surface area is 114 Å². The number of sulfonamides is 1. The van der Waals surface area contributed by atoms with Crippen molar-refractivity contribution in [1.82, 2.24) is 0 Å². The van der Waals surface area contributed by atoms with Crippen molar-refractivity contribution in [3.63, 3.8) is 0 Å². The highest BCUT2D eigenvalue weighted by atomic mass is 32.2. The summed E-state index contributed by atoms with van der Waals surface area (Å²) in [7, 11) is -3.25. The molecule has 1 aliphatic carbocycles. The summed E-state index contributed by atoms with van der Waals surface area (Å²) in [5.74, 6) is 0.732. The van der Waals surface area contributed by atoms with Gasteiger partial charge in [-0.25, -0.2) is 8.42 Å². The average molecular weight is 281 g/mol. The Balaban J connectivity index is 1.99. The number of anilines is 1. The molecule has 1 aromatic carbocycles. The molecule has 0 amide bonds. The molecule has 0 atom stereocenters. The second-order valence-electron chi connectivity index (χ2n) is 5.01. The van der Waals surface area contributed by atoms with E-state index in [1.807, 2.05) is 0 Å². The number of rotatable bonds is 6. The monoisotopic (exact) mass is 281 g/mol. The van der Waals surface area contributed by atoms with E-state index >= 15 is 0 Å². The van der Waals surface area contributed by atoms with Gasteiger partial charge in [-0.3, -0.25) is 9.52 Å². The van der Waals surface area contributed by atoms with Crippen molar-refractivity contribution in [2.45, 2.75) is 32.6 Å². The lowest BCUT2D eigenvalue weighted by molar-refractivity contribution is 0.0936. The Morgan fingerprint density at radius 1 is 1.26 bits per heavy atom. The van der Waals surface area contributed by atoms with Crippen molar-refractivity contribution in [2.75, 3.05) is 10.5 Å². The summed E-state index contributed by atoms with van der Waals surface area (Å²) in [4.78, 5) is 12.0. The van der Waals surface area contributed by atoms with E-state index in [0.29, 0.717) is 23.6 Å². The molecule has 5 heteroatoms. The van der Waals surface area contributed by atoms with E-state index < -0.39 is 10.0 Å². The molecular weight excluding hydrogens is 262 g/mol. The van der Waals surface area contributed by atoms with E-state index in [-0.39, 0.29) is 11.5 Å². The van der Waals surface area contributed by atoms with Crippen molar-refractivity contribution in [3.8, 4) is 0 Å². The fourth-order valence-electron chi connectivity index (χ4n) is 2.05. The molecule has 1 aromatic rings. The molecule has 19 heavy (non-hydrogen) atoms. The molecule has 104 valence electrons. The van der Waals surface area contributed by atoms with Gasteiger partial charge in [0, 0.05) is 17.7 Å². The standard InChI is InChI=1S/C14H19NO3S/c1-2-19(17,18)15-13-8-6-12(7-9-13)14(16)10-11-4-3-5-11/h6-9,11,15H,2-5,10H2,1H3. The third kappa shape index (κ3) is 3.80. The van der Waals surface area contributed by atoms with Gasteiger partial charge in [0.1, 0.15) is 0 Å². The quantitative estimate of drug-likeness (QED) is 0.815. The van der Waals surface area contributed by atoms with Crippen LogP contribution in [0, 0.1) is 5.92 Å². The minimum absolute atomic E-state index is 0.0371. The third-order valence-electron chi connectivity index (χ3n) is 3.56. The first kappa shape index (κ1) is 14.1. The van der Waals surface area contributed by atoms with Gasteiger partial charge in [-0.2, -0.15) is 0 Å². The maximum absolute atomic E-state index is 12.0. The number of nitrogens with one attached hydrogen (secondary N) is 1. The fourth-order valence-corrected chi connectivity index (χ4v) is 2.69. The van der Waals surface area contributed by atoms with Gasteiger partial charge in [0.2, 0.25) is 10.0 Å². The molecule has 4 nitrogen and oxygen atoms in total. The lowest BCUT2D eigenvalue weighted by Crippen LogP contribution is -2.16. The lowest BCUT2D eigenvalue weighted by Gasteiger charge is -2.24. The largest absolute Gasteiger partial charge is 0.294 e. The summed E-state index contributed by atoms with van der Waals surface area (Å²) in [6.07, 6.45) is 4.15. The number of hydrogen-bond acceptors (Lipinski definition) is 3. The first-order chi connectivity index (χ1) is 9.00. The van der Waals surface area contributed by atoms with Crippen LogP contribution in [0.4, 0.5) is 5.69 Å². The van der Waals surface area contributed by atoms with Crippen molar-refractivity contribution >= 4 is 21.5 Å². The van der Waals surface area contributed by atoms with E-state index in [1.54, 1.807) is 31.2 Å². The Morgan fingerprint density at radius 3 is 2.37 bits per heavy atom. The molecule has 0 bridgehead atoms. The van der Waals surface area contributed by atoms with Crippen molar-refractivity contribution in [2.24, 2.45) is 5.92 Å². The van der Waals surface area contributed by atoms with Gasteiger partial charge >= 0.3 is 0 Å². The smallest absolute Gasteiger partial charge is 0.232 e. The first-order valence-corrected chi connectivity index (χ1v) is 8.29. The highest BCUT2D eigenvalue weighted by molar-refractivity contribution is 7.92. The highest BCUT2D eigenvalue weighted by Crippen LogP contribution is 2.30. The Kier molecular flexibility index (Phi) is 4.24. The van der Waals surface area contributed by atoms with Crippen LogP contribution in [0.1, 0.15) is 43.0 Å². The molecule has 0 heterocycles. The van der Waals surface area contributed by atoms with Crippen LogP contribution in [0.5, 0.6) is 0 Å². The fraction of sp³-hybridized carbons (Fsp3) is 0.500. The zero-order valence-corrected chi connectivity index (χ0v) is 11.9. The average Bonchev–Trinajstić information content (AvgIpc) is 2.34. The second kappa shape index (κ2) is 5.74. The molecule has 0 unspecified atom stereocenters. The van der Waals surface area contributed by atoms with Crippen LogP contribution in [-0.2, 0) is 10.0 Å². The van der Waals surface area contributed by atoms with E-state index in [4.69, 9.17) is 0 Å². The Hall–Kier alpha value is -1.36. The molecule has 0 saturated heterocycles. The summed E-state index contributed by atoms with van der Waals surface area (Å²) < 4.78 is 25.3. The summed E-state index contributed by atoms with van der Waals surface area (Å²) in [6.45, 7) is 1.58. The van der Waals surface area contributed by atoms with Gasteiger partial charge in [-0.15, -0.1) is 0 Å². The number of benzene rings is 1. The second-order valence-corrected chi connectivity index (χ2v) is 7.02. The van der Waals surface area contributed by atoms with Gasteiger partial charge in [0.15, 0.2) is 5.78 Å². The van der Waals surface area contributed by atoms with Crippen LogP contribution < -0.4 is 4.72 Å². The number of hydrogen-bond donors (Lipinski definition) is 1. The molecule has 0 spiro atoms. The molecule has 0 radical (unpaired) electrons. The maximum atomic E-state index is 12.0.